The van der Waals surface area contributed by atoms with E-state index in [9.17, 15) is 4.79 Å². The molecule has 0 atom stereocenters. The Bertz CT molecular complexity index is 245. The zero-order valence-electron chi connectivity index (χ0n) is 7.06. The molecule has 6 nitrogen and oxygen atoms in total. The highest BCUT2D eigenvalue weighted by Crippen LogP contribution is 2.28. The van der Waals surface area contributed by atoms with Crippen molar-refractivity contribution in [1.29, 1.82) is 0 Å². The number of amides is 1. The van der Waals surface area contributed by atoms with E-state index in [1.54, 1.807) is 0 Å². The quantitative estimate of drug-likeness (QED) is 0.558. The minimum absolute atomic E-state index is 0.481. The van der Waals surface area contributed by atoms with Crippen molar-refractivity contribution in [2.75, 3.05) is 13.1 Å². The van der Waals surface area contributed by atoms with Crippen LogP contribution in [0.25, 0.3) is 0 Å². The highest BCUT2D eigenvalue weighted by Gasteiger charge is 2.38. The maximum Gasteiger partial charge on any atom is 0.407 e. The Hall–Kier alpha value is -1.30. The van der Waals surface area contributed by atoms with Crippen LogP contribution in [0.3, 0.4) is 0 Å². The summed E-state index contributed by atoms with van der Waals surface area (Å²) in [7, 11) is 0. The largest absolute Gasteiger partial charge is 0.465 e. The summed E-state index contributed by atoms with van der Waals surface area (Å²) in [5, 5.41) is 8.70. The topological polar surface area (TPSA) is 74.2 Å². The van der Waals surface area contributed by atoms with Crippen LogP contribution in [0.1, 0.15) is 12.8 Å². The fourth-order valence-corrected chi connectivity index (χ4v) is 1.58. The molecule has 0 aliphatic carbocycles. The lowest BCUT2D eigenvalue weighted by atomic mass is 10.0. The van der Waals surface area contributed by atoms with E-state index in [1.807, 2.05) is 0 Å². The van der Waals surface area contributed by atoms with Gasteiger partial charge in [0.25, 0.3) is 0 Å². The van der Waals surface area contributed by atoms with Crippen LogP contribution < -0.4 is 5.48 Å². The third-order valence-electron chi connectivity index (χ3n) is 2.42. The number of likely N-dealkylation sites (tertiary alicyclic amines) is 1. The van der Waals surface area contributed by atoms with Crippen molar-refractivity contribution in [3.63, 3.8) is 0 Å². The number of rotatable bonds is 0. The molecule has 1 saturated heterocycles. The van der Waals surface area contributed by atoms with Gasteiger partial charge in [0, 0.05) is 25.9 Å². The average Bonchev–Trinajstić information content (AvgIpc) is 2.54. The van der Waals surface area contributed by atoms with Crippen LogP contribution in [0.2, 0.25) is 0 Å². The maximum absolute atomic E-state index is 10.6. The summed E-state index contributed by atoms with van der Waals surface area (Å²) in [6.45, 7) is 0.961. The van der Waals surface area contributed by atoms with E-state index in [-0.39, 0.29) is 0 Å². The van der Waals surface area contributed by atoms with Crippen molar-refractivity contribution in [3.05, 3.63) is 0 Å². The molecule has 2 heterocycles. The van der Waals surface area contributed by atoms with Gasteiger partial charge in [-0.2, -0.15) is 0 Å². The number of hydrogen-bond donors (Lipinski definition) is 2. The fourth-order valence-electron chi connectivity index (χ4n) is 1.58. The molecule has 0 aromatic rings. The van der Waals surface area contributed by atoms with E-state index >= 15 is 0 Å². The normalized spacial score (nSPS) is 24.8. The van der Waals surface area contributed by atoms with Gasteiger partial charge in [-0.3, -0.25) is 5.48 Å². The molecule has 0 radical (unpaired) electrons. The average molecular weight is 185 g/mol. The molecule has 1 fully saturated rings. The number of carboxylic acid groups (broad SMARTS) is 1. The van der Waals surface area contributed by atoms with Crippen LogP contribution in [0.5, 0.6) is 0 Å². The van der Waals surface area contributed by atoms with E-state index in [0.29, 0.717) is 25.9 Å². The summed E-state index contributed by atoms with van der Waals surface area (Å²) in [5.74, 6) is 0. The SMILES string of the molecule is O=C(O)N1CCC2(CC1)N=CNO2. The number of hydrogen-bond acceptors (Lipinski definition) is 4. The number of aliphatic imine (C=N–C) groups is 1. The molecule has 1 amide bonds. The summed E-state index contributed by atoms with van der Waals surface area (Å²) in [6.07, 6.45) is 1.87. The highest BCUT2D eigenvalue weighted by atomic mass is 16.7. The molecule has 0 saturated carbocycles. The lowest BCUT2D eigenvalue weighted by molar-refractivity contribution is -0.0852. The van der Waals surface area contributed by atoms with Crippen molar-refractivity contribution in [1.82, 2.24) is 10.4 Å². The van der Waals surface area contributed by atoms with Gasteiger partial charge >= 0.3 is 6.09 Å². The molecule has 2 aliphatic rings. The van der Waals surface area contributed by atoms with E-state index in [2.05, 4.69) is 10.5 Å². The summed E-state index contributed by atoms with van der Waals surface area (Å²) >= 11 is 0. The predicted molar refractivity (Wildman–Crippen MR) is 44.3 cm³/mol. The van der Waals surface area contributed by atoms with E-state index in [4.69, 9.17) is 9.94 Å². The highest BCUT2D eigenvalue weighted by molar-refractivity contribution is 5.65. The number of nitrogens with zero attached hydrogens (tertiary/aromatic N) is 2. The van der Waals surface area contributed by atoms with E-state index in [1.165, 1.54) is 11.2 Å². The van der Waals surface area contributed by atoms with Crippen molar-refractivity contribution < 1.29 is 14.7 Å². The Morgan fingerprint density at radius 2 is 2.31 bits per heavy atom. The second-order valence-corrected chi connectivity index (χ2v) is 3.19. The monoisotopic (exact) mass is 185 g/mol. The molecule has 0 unspecified atom stereocenters. The maximum atomic E-state index is 10.6. The van der Waals surface area contributed by atoms with E-state index in [0.717, 1.165) is 0 Å². The Morgan fingerprint density at radius 3 is 2.77 bits per heavy atom. The standard InChI is InChI=1S/C7H11N3O3/c11-6(12)10-3-1-7(2-4-10)8-5-9-13-7/h5H,1-4H2,(H,8,9)(H,11,12). The Labute approximate surface area is 75.1 Å². The first-order chi connectivity index (χ1) is 6.22. The molecule has 72 valence electrons. The zero-order valence-corrected chi connectivity index (χ0v) is 7.06. The minimum atomic E-state index is -0.871. The van der Waals surface area contributed by atoms with Crippen molar-refractivity contribution >= 4 is 12.4 Å². The summed E-state index contributed by atoms with van der Waals surface area (Å²) < 4.78 is 0. The summed E-state index contributed by atoms with van der Waals surface area (Å²) in [4.78, 5) is 21.3. The lowest BCUT2D eigenvalue weighted by Crippen LogP contribution is -2.46. The molecule has 2 aliphatic heterocycles. The van der Waals surface area contributed by atoms with Crippen molar-refractivity contribution in [3.8, 4) is 0 Å². The molecule has 1 spiro atoms. The van der Waals surface area contributed by atoms with Gasteiger partial charge in [-0.05, 0) is 0 Å². The van der Waals surface area contributed by atoms with Gasteiger partial charge in [0.1, 0.15) is 6.34 Å². The minimum Gasteiger partial charge on any atom is -0.465 e. The van der Waals surface area contributed by atoms with Crippen LogP contribution in [0.15, 0.2) is 4.99 Å². The number of nitrogens with one attached hydrogen (secondary N) is 1. The third-order valence-corrected chi connectivity index (χ3v) is 2.42. The molecule has 0 aromatic heterocycles. The summed E-state index contributed by atoms with van der Waals surface area (Å²) in [6, 6.07) is 0. The molecule has 2 N–H and O–H groups in total. The molecule has 13 heavy (non-hydrogen) atoms. The molecule has 0 aromatic carbocycles. The van der Waals surface area contributed by atoms with Gasteiger partial charge in [0.05, 0.1) is 0 Å². The van der Waals surface area contributed by atoms with Gasteiger partial charge in [0.15, 0.2) is 5.72 Å². The molecule has 6 heteroatoms. The van der Waals surface area contributed by atoms with Crippen LogP contribution in [-0.2, 0) is 4.84 Å². The molecular formula is C7H11N3O3. The number of hydroxylamine groups is 1. The second kappa shape index (κ2) is 2.88. The second-order valence-electron chi connectivity index (χ2n) is 3.19. The van der Waals surface area contributed by atoms with Crippen molar-refractivity contribution in [2.24, 2.45) is 4.99 Å². The first-order valence-corrected chi connectivity index (χ1v) is 4.17. The third kappa shape index (κ3) is 1.44. The lowest BCUT2D eigenvalue weighted by Gasteiger charge is -2.33. The van der Waals surface area contributed by atoms with Gasteiger partial charge in [-0.1, -0.05) is 0 Å². The van der Waals surface area contributed by atoms with Gasteiger partial charge in [-0.15, -0.1) is 0 Å². The van der Waals surface area contributed by atoms with Gasteiger partial charge in [-0.25, -0.2) is 14.6 Å². The predicted octanol–water partition coefficient (Wildman–Crippen LogP) is 0.0196. The molecule has 2 rings (SSSR count). The van der Waals surface area contributed by atoms with Crippen LogP contribution in [-0.4, -0.2) is 41.3 Å². The zero-order chi connectivity index (χ0) is 9.31. The van der Waals surface area contributed by atoms with E-state index < -0.39 is 11.8 Å². The van der Waals surface area contributed by atoms with Crippen molar-refractivity contribution in [2.45, 2.75) is 18.6 Å². The van der Waals surface area contributed by atoms with Crippen LogP contribution >= 0.6 is 0 Å². The Morgan fingerprint density at radius 1 is 1.62 bits per heavy atom. The smallest absolute Gasteiger partial charge is 0.407 e. The van der Waals surface area contributed by atoms with Crippen LogP contribution in [0.4, 0.5) is 4.79 Å². The summed E-state index contributed by atoms with van der Waals surface area (Å²) in [5.41, 5.74) is 2.06. The number of carbonyl (C=O) groups is 1. The fraction of sp³-hybridized carbons (Fsp3) is 0.714. The van der Waals surface area contributed by atoms with Crippen LogP contribution in [0, 0.1) is 0 Å². The Kier molecular flexibility index (Phi) is 1.84. The van der Waals surface area contributed by atoms with Gasteiger partial charge in [0.2, 0.25) is 0 Å². The number of piperidine rings is 1. The first kappa shape index (κ1) is 8.31. The molecule has 0 bridgehead atoms. The van der Waals surface area contributed by atoms with Gasteiger partial charge < -0.3 is 10.0 Å². The first-order valence-electron chi connectivity index (χ1n) is 4.17. The molecular weight excluding hydrogens is 174 g/mol. The Balaban J connectivity index is 1.96.